The summed E-state index contributed by atoms with van der Waals surface area (Å²) in [6.07, 6.45) is 6.97. The Morgan fingerprint density at radius 2 is 1.94 bits per heavy atom. The van der Waals surface area contributed by atoms with Crippen LogP contribution in [0.5, 0.6) is 0 Å². The second-order valence-electron chi connectivity index (χ2n) is 5.04. The summed E-state index contributed by atoms with van der Waals surface area (Å²) in [6.45, 7) is 9.70. The highest BCUT2D eigenvalue weighted by Gasteiger charge is 2.08. The molecule has 0 unspecified atom stereocenters. The first-order valence-electron chi connectivity index (χ1n) is 5.86. The molecule has 0 aliphatic carbocycles. The van der Waals surface area contributed by atoms with E-state index < -0.39 is 0 Å². The zero-order valence-corrected chi connectivity index (χ0v) is 10.7. The van der Waals surface area contributed by atoms with Crippen LogP contribution in [0.15, 0.2) is 30.1 Å². The van der Waals surface area contributed by atoms with Gasteiger partial charge in [0.2, 0.25) is 0 Å². The number of aromatic nitrogens is 1. The van der Waals surface area contributed by atoms with Gasteiger partial charge in [0, 0.05) is 24.5 Å². The monoisotopic (exact) mass is 218 g/mol. The summed E-state index contributed by atoms with van der Waals surface area (Å²) in [5.41, 5.74) is 2.82. The van der Waals surface area contributed by atoms with Crippen LogP contribution < -0.4 is 5.32 Å². The maximum absolute atomic E-state index is 4.02. The van der Waals surface area contributed by atoms with E-state index in [4.69, 9.17) is 0 Å². The molecule has 1 aromatic heterocycles. The number of hydrogen-bond acceptors (Lipinski definition) is 2. The van der Waals surface area contributed by atoms with Crippen molar-refractivity contribution in [2.45, 2.75) is 39.7 Å². The van der Waals surface area contributed by atoms with Gasteiger partial charge in [0.05, 0.1) is 0 Å². The van der Waals surface area contributed by atoms with Gasteiger partial charge < -0.3 is 5.32 Å². The third-order valence-electron chi connectivity index (χ3n) is 2.38. The van der Waals surface area contributed by atoms with E-state index in [9.17, 15) is 0 Å². The molecule has 0 atom stereocenters. The van der Waals surface area contributed by atoms with Crippen molar-refractivity contribution in [2.75, 3.05) is 6.54 Å². The van der Waals surface area contributed by atoms with Gasteiger partial charge in [0.1, 0.15) is 0 Å². The maximum Gasteiger partial charge on any atom is 0.0273 e. The van der Waals surface area contributed by atoms with Crippen LogP contribution in [-0.2, 0) is 0 Å². The summed E-state index contributed by atoms with van der Waals surface area (Å²) < 4.78 is 0. The van der Waals surface area contributed by atoms with E-state index in [0.717, 1.165) is 13.0 Å². The van der Waals surface area contributed by atoms with Crippen LogP contribution in [0.4, 0.5) is 0 Å². The molecule has 1 aromatic rings. The Bertz CT molecular complexity index is 334. The molecule has 0 saturated carbocycles. The lowest BCUT2D eigenvalue weighted by molar-refractivity contribution is 0.443. The average Bonchev–Trinajstić information content (AvgIpc) is 2.24. The Hall–Kier alpha value is -1.15. The SMILES string of the molecule is CCC(=Cc1ccncc1)CNC(C)(C)C. The van der Waals surface area contributed by atoms with Crippen molar-refractivity contribution in [3.05, 3.63) is 35.7 Å². The summed E-state index contributed by atoms with van der Waals surface area (Å²) >= 11 is 0. The Balaban J connectivity index is 2.64. The van der Waals surface area contributed by atoms with Crippen LogP contribution in [0.25, 0.3) is 6.08 Å². The van der Waals surface area contributed by atoms with E-state index in [2.05, 4.69) is 44.1 Å². The molecule has 0 aromatic carbocycles. The van der Waals surface area contributed by atoms with Crippen molar-refractivity contribution in [3.8, 4) is 0 Å². The molecule has 0 saturated heterocycles. The number of rotatable bonds is 4. The highest BCUT2D eigenvalue weighted by molar-refractivity contribution is 5.52. The van der Waals surface area contributed by atoms with E-state index in [1.165, 1.54) is 11.1 Å². The van der Waals surface area contributed by atoms with Crippen LogP contribution in [-0.4, -0.2) is 17.1 Å². The molecule has 1 N–H and O–H groups in total. The van der Waals surface area contributed by atoms with Crippen molar-refractivity contribution in [2.24, 2.45) is 0 Å². The maximum atomic E-state index is 4.02. The molecule has 0 radical (unpaired) electrons. The topological polar surface area (TPSA) is 24.9 Å². The zero-order valence-electron chi connectivity index (χ0n) is 10.7. The lowest BCUT2D eigenvalue weighted by atomic mass is 10.1. The molecule has 88 valence electrons. The fourth-order valence-electron chi connectivity index (χ4n) is 1.35. The Morgan fingerprint density at radius 1 is 1.31 bits per heavy atom. The van der Waals surface area contributed by atoms with Gasteiger partial charge in [-0.3, -0.25) is 4.98 Å². The predicted octanol–water partition coefficient (Wildman–Crippen LogP) is 3.26. The third kappa shape index (κ3) is 5.08. The van der Waals surface area contributed by atoms with E-state index in [1.807, 2.05) is 24.5 Å². The van der Waals surface area contributed by atoms with Crippen LogP contribution in [0.3, 0.4) is 0 Å². The fourth-order valence-corrected chi connectivity index (χ4v) is 1.35. The van der Waals surface area contributed by atoms with E-state index in [1.54, 1.807) is 0 Å². The molecule has 0 fully saturated rings. The minimum atomic E-state index is 0.173. The molecule has 16 heavy (non-hydrogen) atoms. The Kier molecular flexibility index (Phi) is 4.69. The van der Waals surface area contributed by atoms with Crippen LogP contribution >= 0.6 is 0 Å². The van der Waals surface area contributed by atoms with Crippen molar-refractivity contribution >= 4 is 6.08 Å². The number of pyridine rings is 1. The zero-order chi connectivity index (χ0) is 12.0. The average molecular weight is 218 g/mol. The van der Waals surface area contributed by atoms with Gasteiger partial charge in [-0.25, -0.2) is 0 Å². The minimum Gasteiger partial charge on any atom is -0.308 e. The highest BCUT2D eigenvalue weighted by atomic mass is 14.9. The molecular formula is C14H22N2. The normalized spacial score (nSPS) is 12.9. The number of nitrogens with zero attached hydrogens (tertiary/aromatic N) is 1. The van der Waals surface area contributed by atoms with E-state index in [0.29, 0.717) is 0 Å². The molecule has 0 aliphatic rings. The van der Waals surface area contributed by atoms with Crippen LogP contribution in [0.2, 0.25) is 0 Å². The van der Waals surface area contributed by atoms with Crippen molar-refractivity contribution in [1.82, 2.24) is 10.3 Å². The number of hydrogen-bond donors (Lipinski definition) is 1. The lowest BCUT2D eigenvalue weighted by Crippen LogP contribution is -2.36. The van der Waals surface area contributed by atoms with Crippen LogP contribution in [0.1, 0.15) is 39.7 Å². The summed E-state index contributed by atoms with van der Waals surface area (Å²) in [6, 6.07) is 4.07. The van der Waals surface area contributed by atoms with Crippen molar-refractivity contribution < 1.29 is 0 Å². The molecule has 0 spiro atoms. The van der Waals surface area contributed by atoms with Crippen molar-refractivity contribution in [1.29, 1.82) is 0 Å². The second-order valence-corrected chi connectivity index (χ2v) is 5.04. The first-order chi connectivity index (χ1) is 7.51. The molecule has 0 aliphatic heterocycles. The standard InChI is InChI=1S/C14H22N2/c1-5-12(11-16-14(2,3)4)10-13-6-8-15-9-7-13/h6-10,16H,5,11H2,1-4H3. The molecule has 2 nitrogen and oxygen atoms in total. The summed E-state index contributed by atoms with van der Waals surface area (Å²) in [5.74, 6) is 0. The predicted molar refractivity (Wildman–Crippen MR) is 70.3 cm³/mol. The smallest absolute Gasteiger partial charge is 0.0273 e. The molecule has 2 heteroatoms. The first kappa shape index (κ1) is 12.9. The molecular weight excluding hydrogens is 196 g/mol. The summed E-state index contributed by atoms with van der Waals surface area (Å²) in [4.78, 5) is 4.02. The van der Waals surface area contributed by atoms with Crippen LogP contribution in [0, 0.1) is 0 Å². The fraction of sp³-hybridized carbons (Fsp3) is 0.500. The third-order valence-corrected chi connectivity index (χ3v) is 2.38. The van der Waals surface area contributed by atoms with Crippen molar-refractivity contribution in [3.63, 3.8) is 0 Å². The molecule has 0 amide bonds. The summed E-state index contributed by atoms with van der Waals surface area (Å²) in [7, 11) is 0. The minimum absolute atomic E-state index is 0.173. The van der Waals surface area contributed by atoms with Gasteiger partial charge in [-0.1, -0.05) is 18.6 Å². The van der Waals surface area contributed by atoms with E-state index >= 15 is 0 Å². The highest BCUT2D eigenvalue weighted by Crippen LogP contribution is 2.09. The van der Waals surface area contributed by atoms with Gasteiger partial charge in [0.25, 0.3) is 0 Å². The van der Waals surface area contributed by atoms with Gasteiger partial charge in [-0.15, -0.1) is 0 Å². The largest absolute Gasteiger partial charge is 0.308 e. The van der Waals surface area contributed by atoms with Gasteiger partial charge in [0.15, 0.2) is 0 Å². The number of nitrogens with one attached hydrogen (secondary N) is 1. The molecule has 1 rings (SSSR count). The summed E-state index contributed by atoms with van der Waals surface area (Å²) in [5, 5.41) is 3.51. The Labute approximate surface area is 98.8 Å². The van der Waals surface area contributed by atoms with Gasteiger partial charge in [-0.2, -0.15) is 0 Å². The molecule has 0 bridgehead atoms. The molecule has 1 heterocycles. The van der Waals surface area contributed by atoms with Gasteiger partial charge in [-0.05, 0) is 44.9 Å². The second kappa shape index (κ2) is 5.80. The lowest BCUT2D eigenvalue weighted by Gasteiger charge is -2.21. The first-order valence-corrected chi connectivity index (χ1v) is 5.86. The quantitative estimate of drug-likeness (QED) is 0.839. The Morgan fingerprint density at radius 3 is 2.44 bits per heavy atom. The van der Waals surface area contributed by atoms with E-state index in [-0.39, 0.29) is 5.54 Å². The van der Waals surface area contributed by atoms with Gasteiger partial charge >= 0.3 is 0 Å².